The van der Waals surface area contributed by atoms with Gasteiger partial charge in [-0.15, -0.1) is 0 Å². The van der Waals surface area contributed by atoms with Crippen molar-refractivity contribution in [2.24, 2.45) is 0 Å². The van der Waals surface area contributed by atoms with Crippen LogP contribution in [0.2, 0.25) is 0 Å². The van der Waals surface area contributed by atoms with Crippen LogP contribution in [0, 0.1) is 0 Å². The van der Waals surface area contributed by atoms with Crippen molar-refractivity contribution >= 4 is 5.78 Å². The number of ether oxygens (including phenoxy) is 1. The van der Waals surface area contributed by atoms with E-state index in [4.69, 9.17) is 4.74 Å². The van der Waals surface area contributed by atoms with E-state index in [9.17, 15) is 4.79 Å². The highest BCUT2D eigenvalue weighted by Gasteiger charge is 2.13. The predicted molar refractivity (Wildman–Crippen MR) is 133 cm³/mol. The van der Waals surface area contributed by atoms with E-state index in [1.807, 2.05) is 48.7 Å². The number of pyridine rings is 1. The lowest BCUT2D eigenvalue weighted by Gasteiger charge is -2.32. The number of rotatable bonds is 10. The minimum atomic E-state index is 0.220. The van der Waals surface area contributed by atoms with Crippen LogP contribution in [0.1, 0.15) is 17.7 Å². The summed E-state index contributed by atoms with van der Waals surface area (Å²) in [6.45, 7) is 6.15. The number of likely N-dealkylation sites (N-methyl/N-ethyl adjacent to an activating group) is 1. The van der Waals surface area contributed by atoms with E-state index in [1.54, 1.807) is 0 Å². The van der Waals surface area contributed by atoms with Gasteiger partial charge in [0.15, 0.2) is 0 Å². The van der Waals surface area contributed by atoms with Gasteiger partial charge < -0.3 is 9.64 Å². The quantitative estimate of drug-likeness (QED) is 0.472. The molecule has 2 heterocycles. The maximum Gasteiger partial charge on any atom is 0.139 e. The molecule has 1 fully saturated rings. The fraction of sp³-hybridized carbons (Fsp3) is 0.357. The Morgan fingerprint density at radius 3 is 2.33 bits per heavy atom. The molecule has 0 saturated carbocycles. The van der Waals surface area contributed by atoms with Gasteiger partial charge in [-0.05, 0) is 42.8 Å². The van der Waals surface area contributed by atoms with Crippen LogP contribution < -0.4 is 4.74 Å². The number of aryl methyl sites for hydroxylation is 1. The SMILES string of the molecule is CN1CCN(CCOc2ccc(-c3ccc(CC(=O)CCc4ccccc4)nc3)cc2)CC1. The van der Waals surface area contributed by atoms with Gasteiger partial charge in [-0.25, -0.2) is 0 Å². The number of Topliss-reactive ketones (excluding diaryl/α,β-unsaturated/α-hetero) is 1. The molecule has 3 aromatic rings. The molecule has 0 radical (unpaired) electrons. The zero-order valence-electron chi connectivity index (χ0n) is 19.5. The summed E-state index contributed by atoms with van der Waals surface area (Å²) in [4.78, 5) is 21.7. The molecule has 0 N–H and O–H groups in total. The number of aromatic nitrogens is 1. The lowest BCUT2D eigenvalue weighted by atomic mass is 10.0. The van der Waals surface area contributed by atoms with Crippen LogP contribution in [0.3, 0.4) is 0 Å². The van der Waals surface area contributed by atoms with Gasteiger partial charge in [0.2, 0.25) is 0 Å². The van der Waals surface area contributed by atoms with Gasteiger partial charge in [0, 0.05) is 63.0 Å². The Morgan fingerprint density at radius 2 is 1.64 bits per heavy atom. The third kappa shape index (κ3) is 7.24. The molecule has 172 valence electrons. The molecular formula is C28H33N3O2. The molecule has 5 nitrogen and oxygen atoms in total. The Hall–Kier alpha value is -3.02. The third-order valence-electron chi connectivity index (χ3n) is 6.20. The number of ketones is 1. The van der Waals surface area contributed by atoms with E-state index in [0.717, 1.165) is 61.7 Å². The van der Waals surface area contributed by atoms with E-state index in [2.05, 4.69) is 46.1 Å². The first-order valence-corrected chi connectivity index (χ1v) is 11.8. The van der Waals surface area contributed by atoms with Gasteiger partial charge in [-0.3, -0.25) is 14.7 Å². The van der Waals surface area contributed by atoms with Crippen LogP contribution in [0.4, 0.5) is 0 Å². The Bertz CT molecular complexity index is 996. The number of benzene rings is 2. The second kappa shape index (κ2) is 11.7. The third-order valence-corrected chi connectivity index (χ3v) is 6.20. The van der Waals surface area contributed by atoms with E-state index in [0.29, 0.717) is 19.4 Å². The van der Waals surface area contributed by atoms with Crippen LogP contribution in [0.5, 0.6) is 5.75 Å². The maximum absolute atomic E-state index is 12.3. The summed E-state index contributed by atoms with van der Waals surface area (Å²) in [5.41, 5.74) is 4.15. The second-order valence-corrected chi connectivity index (χ2v) is 8.76. The molecule has 33 heavy (non-hydrogen) atoms. The highest BCUT2D eigenvalue weighted by molar-refractivity contribution is 5.80. The number of nitrogens with zero attached hydrogens (tertiary/aromatic N) is 3. The molecule has 0 spiro atoms. The van der Waals surface area contributed by atoms with Crippen molar-refractivity contribution in [3.05, 3.63) is 84.2 Å². The average molecular weight is 444 g/mol. The van der Waals surface area contributed by atoms with E-state index in [1.165, 1.54) is 5.56 Å². The molecule has 1 saturated heterocycles. The van der Waals surface area contributed by atoms with Gasteiger partial charge >= 0.3 is 0 Å². The summed E-state index contributed by atoms with van der Waals surface area (Å²) in [7, 11) is 2.17. The van der Waals surface area contributed by atoms with Crippen molar-refractivity contribution in [1.82, 2.24) is 14.8 Å². The Labute approximate surface area is 197 Å². The van der Waals surface area contributed by atoms with Crippen LogP contribution in [0.25, 0.3) is 11.1 Å². The van der Waals surface area contributed by atoms with Gasteiger partial charge in [0.1, 0.15) is 18.1 Å². The number of piperazine rings is 1. The summed E-state index contributed by atoms with van der Waals surface area (Å²) >= 11 is 0. The smallest absolute Gasteiger partial charge is 0.139 e. The average Bonchev–Trinajstić information content (AvgIpc) is 2.86. The lowest BCUT2D eigenvalue weighted by Crippen LogP contribution is -2.45. The number of hydrogen-bond acceptors (Lipinski definition) is 5. The molecule has 1 aliphatic rings. The molecule has 5 heteroatoms. The first-order valence-electron chi connectivity index (χ1n) is 11.8. The number of carbonyl (C=O) groups is 1. The molecule has 2 aromatic carbocycles. The van der Waals surface area contributed by atoms with Crippen molar-refractivity contribution in [3.63, 3.8) is 0 Å². The molecule has 4 rings (SSSR count). The van der Waals surface area contributed by atoms with Gasteiger partial charge in [0.05, 0.1) is 0 Å². The zero-order valence-corrected chi connectivity index (χ0v) is 19.5. The van der Waals surface area contributed by atoms with Crippen LogP contribution in [-0.4, -0.2) is 66.9 Å². The van der Waals surface area contributed by atoms with Crippen molar-refractivity contribution in [2.45, 2.75) is 19.3 Å². The van der Waals surface area contributed by atoms with E-state index >= 15 is 0 Å². The van der Waals surface area contributed by atoms with Crippen LogP contribution in [0.15, 0.2) is 72.9 Å². The van der Waals surface area contributed by atoms with Crippen molar-refractivity contribution in [2.75, 3.05) is 46.4 Å². The fourth-order valence-electron chi connectivity index (χ4n) is 4.03. The van der Waals surface area contributed by atoms with Gasteiger partial charge in [-0.2, -0.15) is 0 Å². The summed E-state index contributed by atoms with van der Waals surface area (Å²) in [5, 5.41) is 0. The summed E-state index contributed by atoms with van der Waals surface area (Å²) in [5.74, 6) is 1.11. The number of carbonyl (C=O) groups excluding carboxylic acids is 1. The predicted octanol–water partition coefficient (Wildman–Crippen LogP) is 4.12. The highest BCUT2D eigenvalue weighted by atomic mass is 16.5. The van der Waals surface area contributed by atoms with Crippen molar-refractivity contribution in [1.29, 1.82) is 0 Å². The molecule has 0 aliphatic carbocycles. The van der Waals surface area contributed by atoms with Crippen molar-refractivity contribution in [3.8, 4) is 16.9 Å². The van der Waals surface area contributed by atoms with Crippen molar-refractivity contribution < 1.29 is 9.53 Å². The Morgan fingerprint density at radius 1 is 0.909 bits per heavy atom. The summed E-state index contributed by atoms with van der Waals surface area (Å²) in [6.07, 6.45) is 3.56. The Balaban J connectivity index is 1.22. The molecule has 0 atom stereocenters. The standard InChI is InChI=1S/C28H33N3O2/c1-30-15-17-31(18-16-30)19-20-33-28-13-9-24(10-14-28)25-8-11-26(29-22-25)21-27(32)12-7-23-5-3-2-4-6-23/h2-6,8-11,13-14,22H,7,12,15-21H2,1H3. The minimum absolute atomic E-state index is 0.220. The first kappa shape index (κ1) is 23.1. The largest absolute Gasteiger partial charge is 0.492 e. The second-order valence-electron chi connectivity index (χ2n) is 8.76. The monoisotopic (exact) mass is 443 g/mol. The highest BCUT2D eigenvalue weighted by Crippen LogP contribution is 2.22. The zero-order chi connectivity index (χ0) is 22.9. The maximum atomic E-state index is 12.3. The Kier molecular flexibility index (Phi) is 8.23. The minimum Gasteiger partial charge on any atom is -0.492 e. The molecule has 0 bridgehead atoms. The molecule has 0 amide bonds. The normalized spacial score (nSPS) is 14.8. The first-order chi connectivity index (χ1) is 16.2. The van der Waals surface area contributed by atoms with Gasteiger partial charge in [-0.1, -0.05) is 48.5 Å². The molecule has 1 aromatic heterocycles. The molecular weight excluding hydrogens is 410 g/mol. The lowest BCUT2D eigenvalue weighted by molar-refractivity contribution is -0.118. The van der Waals surface area contributed by atoms with Crippen LogP contribution >= 0.6 is 0 Å². The van der Waals surface area contributed by atoms with Crippen LogP contribution in [-0.2, 0) is 17.6 Å². The molecule has 1 aliphatic heterocycles. The summed E-state index contributed by atoms with van der Waals surface area (Å²) < 4.78 is 5.94. The number of hydrogen-bond donors (Lipinski definition) is 0. The van der Waals surface area contributed by atoms with Gasteiger partial charge in [0.25, 0.3) is 0 Å². The van der Waals surface area contributed by atoms with E-state index < -0.39 is 0 Å². The summed E-state index contributed by atoms with van der Waals surface area (Å²) in [6, 6.07) is 22.3. The molecule has 0 unspecified atom stereocenters. The van der Waals surface area contributed by atoms with E-state index in [-0.39, 0.29) is 5.78 Å². The topological polar surface area (TPSA) is 45.7 Å². The fourth-order valence-corrected chi connectivity index (χ4v) is 4.03.